The number of alkyl halides is 3. The smallest absolute Gasteiger partial charge is 0.435 e. The zero-order valence-corrected chi connectivity index (χ0v) is 5.57. The molecule has 0 aliphatic carbocycles. The Morgan fingerprint density at radius 3 is 2.10 bits per heavy atom. The summed E-state index contributed by atoms with van der Waals surface area (Å²) in [6, 6.07) is 0. The summed E-state index contributed by atoms with van der Waals surface area (Å²) in [5.41, 5.74) is 0. The fraction of sp³-hybridized carbons (Fsp3) is 0.750. The molecule has 1 aliphatic heterocycles. The molecule has 0 radical (unpaired) electrons. The number of halogens is 3. The van der Waals surface area contributed by atoms with Gasteiger partial charge in [-0.1, -0.05) is 0 Å². The molecule has 1 rings (SSSR count). The average Bonchev–Trinajstić information content (AvgIpc) is 2.45. The van der Waals surface area contributed by atoms with Crippen molar-refractivity contribution in [3.8, 4) is 0 Å². The molecule has 1 saturated heterocycles. The highest BCUT2D eigenvalue weighted by atomic mass is 35.5. The van der Waals surface area contributed by atoms with Crippen LogP contribution in [0, 0.1) is 5.21 Å². The molecule has 0 atom stereocenters. The van der Waals surface area contributed by atoms with Crippen molar-refractivity contribution in [2.45, 2.75) is 5.38 Å². The number of rotatable bonds is 1. The fourth-order valence-corrected chi connectivity index (χ4v) is 0.679. The molecule has 1 aliphatic rings. The number of amides is 1. The minimum Gasteiger partial charge on any atom is -0.625 e. The summed E-state index contributed by atoms with van der Waals surface area (Å²) >= 11 is 4.31. The molecule has 0 saturated carbocycles. The number of hydroxylamine groups is 3. The number of carbonyl (C=O) groups excluding carboxylic acids is 1. The molecule has 0 aromatic carbocycles. The number of hydrogen-bond donors (Lipinski definition) is 0. The largest absolute Gasteiger partial charge is 0.625 e. The average molecular weight is 172 g/mol. The van der Waals surface area contributed by atoms with Gasteiger partial charge >= 0.3 is 11.3 Å². The zero-order valence-electron chi connectivity index (χ0n) is 4.81. The quantitative estimate of drug-likeness (QED) is 0.252. The first-order valence-electron chi connectivity index (χ1n) is 2.56. The van der Waals surface area contributed by atoms with Gasteiger partial charge in [-0.05, 0) is 11.6 Å². The lowest BCUT2D eigenvalue weighted by atomic mass is 10.6. The van der Waals surface area contributed by atoms with Gasteiger partial charge in [-0.15, -0.1) is 0 Å². The van der Waals surface area contributed by atoms with E-state index < -0.39 is 15.9 Å². The van der Waals surface area contributed by atoms with Crippen LogP contribution in [0.3, 0.4) is 0 Å². The molecule has 10 heavy (non-hydrogen) atoms. The predicted molar refractivity (Wildman–Crippen MR) is 29.2 cm³/mol. The van der Waals surface area contributed by atoms with Crippen LogP contribution in [0.15, 0.2) is 0 Å². The summed E-state index contributed by atoms with van der Waals surface area (Å²) in [4.78, 5) is 10.3. The minimum absolute atomic E-state index is 0.0822. The summed E-state index contributed by atoms with van der Waals surface area (Å²) in [5.74, 6) is -1.76. The first-order valence-corrected chi connectivity index (χ1v) is 2.94. The minimum atomic E-state index is -4.00. The lowest BCUT2D eigenvalue weighted by Gasteiger charge is -2.19. The highest BCUT2D eigenvalue weighted by Crippen LogP contribution is 2.31. The van der Waals surface area contributed by atoms with E-state index >= 15 is 0 Å². The van der Waals surface area contributed by atoms with Crippen molar-refractivity contribution in [3.05, 3.63) is 5.21 Å². The van der Waals surface area contributed by atoms with Crippen LogP contribution in [0.25, 0.3) is 0 Å². The van der Waals surface area contributed by atoms with Crippen LogP contribution in [0.5, 0.6) is 0 Å². The second-order valence-corrected chi connectivity index (χ2v) is 2.61. The van der Waals surface area contributed by atoms with Crippen molar-refractivity contribution in [2.24, 2.45) is 0 Å². The topological polar surface area (TPSA) is 40.1 Å². The number of carbonyl (C=O) groups is 1. The van der Waals surface area contributed by atoms with Crippen LogP contribution in [0.1, 0.15) is 0 Å². The molecule has 0 aromatic rings. The summed E-state index contributed by atoms with van der Waals surface area (Å²) in [7, 11) is 0. The molecule has 1 fully saturated rings. The molecular weight excluding hydrogens is 167 g/mol. The van der Waals surface area contributed by atoms with Crippen molar-refractivity contribution < 1.29 is 18.2 Å². The van der Waals surface area contributed by atoms with Gasteiger partial charge in [0.1, 0.15) is 13.1 Å². The SMILES string of the molecule is O=C(C(F)(F)Cl)[N+]1([O-])CC1. The van der Waals surface area contributed by atoms with Gasteiger partial charge in [0.25, 0.3) is 0 Å². The Kier molecular flexibility index (Phi) is 1.47. The first-order chi connectivity index (χ1) is 4.36. The molecule has 58 valence electrons. The fourth-order valence-electron chi connectivity index (χ4n) is 0.525. The van der Waals surface area contributed by atoms with E-state index in [-0.39, 0.29) is 13.1 Å². The maximum Gasteiger partial charge on any atom is 0.435 e. The summed E-state index contributed by atoms with van der Waals surface area (Å²) in [6.45, 7) is -0.164. The van der Waals surface area contributed by atoms with Crippen molar-refractivity contribution in [3.63, 3.8) is 0 Å². The van der Waals surface area contributed by atoms with Gasteiger partial charge in [0, 0.05) is 0 Å². The second-order valence-electron chi connectivity index (χ2n) is 2.14. The molecule has 3 nitrogen and oxygen atoms in total. The summed E-state index contributed by atoms with van der Waals surface area (Å²) in [5, 5.41) is 6.58. The van der Waals surface area contributed by atoms with Crippen molar-refractivity contribution in [1.29, 1.82) is 0 Å². The third kappa shape index (κ3) is 1.25. The van der Waals surface area contributed by atoms with E-state index in [1.165, 1.54) is 0 Å². The van der Waals surface area contributed by atoms with Gasteiger partial charge < -0.3 is 5.21 Å². The lowest BCUT2D eigenvalue weighted by Crippen LogP contribution is -2.38. The maximum absolute atomic E-state index is 11.9. The van der Waals surface area contributed by atoms with Crippen LogP contribution in [-0.4, -0.2) is 29.0 Å². The molecule has 1 amide bonds. The molecule has 0 N–H and O–H groups in total. The number of quaternary nitrogens is 1. The van der Waals surface area contributed by atoms with E-state index in [4.69, 9.17) is 0 Å². The summed E-state index contributed by atoms with van der Waals surface area (Å²) < 4.78 is 22.2. The molecule has 0 aromatic heterocycles. The second kappa shape index (κ2) is 1.87. The van der Waals surface area contributed by atoms with Gasteiger partial charge in [0.15, 0.2) is 0 Å². The molecular formula is C4H4ClF2NO2. The van der Waals surface area contributed by atoms with Crippen molar-refractivity contribution >= 4 is 17.5 Å². The number of nitrogens with zero attached hydrogens (tertiary/aromatic N) is 1. The van der Waals surface area contributed by atoms with Crippen LogP contribution in [0.4, 0.5) is 8.78 Å². The Bertz CT molecular complexity index is 167. The molecule has 1 heterocycles. The monoisotopic (exact) mass is 171 g/mol. The Morgan fingerprint density at radius 1 is 1.60 bits per heavy atom. The Labute approximate surface area is 60.3 Å². The van der Waals surface area contributed by atoms with Crippen LogP contribution < -0.4 is 0 Å². The lowest BCUT2D eigenvalue weighted by molar-refractivity contribution is -0.665. The molecule has 0 unspecified atom stereocenters. The van der Waals surface area contributed by atoms with Gasteiger partial charge in [-0.3, -0.25) is 4.65 Å². The van der Waals surface area contributed by atoms with E-state index in [2.05, 4.69) is 11.6 Å². The van der Waals surface area contributed by atoms with Gasteiger partial charge in [0.2, 0.25) is 0 Å². The third-order valence-corrected chi connectivity index (χ3v) is 1.40. The predicted octanol–water partition coefficient (Wildman–Crippen LogP) is 0.673. The normalized spacial score (nSPS) is 22.4. The number of hydrogen-bond acceptors (Lipinski definition) is 2. The van der Waals surface area contributed by atoms with Gasteiger partial charge in [-0.2, -0.15) is 8.78 Å². The Hall–Kier alpha value is -0.260. The molecule has 0 bridgehead atoms. The van der Waals surface area contributed by atoms with E-state index in [1.54, 1.807) is 0 Å². The first kappa shape index (κ1) is 7.84. The van der Waals surface area contributed by atoms with E-state index in [0.717, 1.165) is 0 Å². The van der Waals surface area contributed by atoms with E-state index in [1.807, 2.05) is 0 Å². The molecule has 0 spiro atoms. The van der Waals surface area contributed by atoms with Crippen molar-refractivity contribution in [2.75, 3.05) is 13.1 Å². The summed E-state index contributed by atoms with van der Waals surface area (Å²) in [6.07, 6.45) is 0. The van der Waals surface area contributed by atoms with E-state index in [9.17, 15) is 18.8 Å². The Morgan fingerprint density at radius 2 is 2.00 bits per heavy atom. The molecule has 6 heteroatoms. The van der Waals surface area contributed by atoms with Crippen LogP contribution in [-0.2, 0) is 4.79 Å². The van der Waals surface area contributed by atoms with Crippen LogP contribution >= 0.6 is 11.6 Å². The third-order valence-electron chi connectivity index (χ3n) is 1.24. The van der Waals surface area contributed by atoms with Crippen LogP contribution in [0.2, 0.25) is 0 Å². The maximum atomic E-state index is 11.9. The van der Waals surface area contributed by atoms with Gasteiger partial charge in [-0.25, -0.2) is 4.79 Å². The highest BCUT2D eigenvalue weighted by molar-refractivity contribution is 6.31. The zero-order chi connectivity index (χ0) is 7.99. The Balaban J connectivity index is 2.67. The standard InChI is InChI=1S/C4H4ClF2NO2/c5-4(6,7)3(9)8(10)1-2-8/h1-2H2. The highest BCUT2D eigenvalue weighted by Gasteiger charge is 2.54. The van der Waals surface area contributed by atoms with E-state index in [0.29, 0.717) is 0 Å². The van der Waals surface area contributed by atoms with Crippen molar-refractivity contribution in [1.82, 2.24) is 0 Å². The van der Waals surface area contributed by atoms with Gasteiger partial charge in [0.05, 0.1) is 0 Å².